The van der Waals surface area contributed by atoms with Crippen molar-refractivity contribution in [2.24, 2.45) is 5.16 Å². The third-order valence-electron chi connectivity index (χ3n) is 7.67. The summed E-state index contributed by atoms with van der Waals surface area (Å²) in [6, 6.07) is 7.31. The highest BCUT2D eigenvalue weighted by molar-refractivity contribution is 7.13. The number of aromatic nitrogens is 1. The number of amides is 3. The molecule has 4 heterocycles. The van der Waals surface area contributed by atoms with Crippen molar-refractivity contribution in [3.8, 4) is 0 Å². The molecule has 3 amide bonds. The Morgan fingerprint density at radius 1 is 1.21 bits per heavy atom. The molecule has 1 aromatic heterocycles. The SMILES string of the molecule is Nc1nc(/C(=N/OC2CCCC2)C(=O)N[C@@H]2C(=O)N3C(C(=O)O)=C(/C=C4\CCN(c5ccccc5)C4=O)OC[C@H]23)cs1. The molecule has 2 atom stereocenters. The number of β-lactam (4-membered cyclic amide) rings is 1. The number of nitrogens with two attached hydrogens (primary N) is 1. The number of nitrogen functional groups attached to an aromatic ring is 1. The number of carboxylic acids is 1. The number of thiazole rings is 1. The minimum Gasteiger partial charge on any atom is -0.489 e. The van der Waals surface area contributed by atoms with Crippen molar-refractivity contribution in [1.82, 2.24) is 15.2 Å². The van der Waals surface area contributed by atoms with Crippen LogP contribution < -0.4 is 16.0 Å². The molecular formula is C28H28N6O7S. The summed E-state index contributed by atoms with van der Waals surface area (Å²) in [5.74, 6) is -3.07. The van der Waals surface area contributed by atoms with Crippen LogP contribution in [0.5, 0.6) is 0 Å². The lowest BCUT2D eigenvalue weighted by molar-refractivity contribution is -0.159. The quantitative estimate of drug-likeness (QED) is 0.178. The molecule has 0 spiro atoms. The van der Waals surface area contributed by atoms with Crippen LogP contribution in [0.15, 0.2) is 64.0 Å². The monoisotopic (exact) mass is 592 g/mol. The molecule has 3 fully saturated rings. The van der Waals surface area contributed by atoms with Gasteiger partial charge in [-0.15, -0.1) is 11.3 Å². The van der Waals surface area contributed by atoms with Gasteiger partial charge in [0.15, 0.2) is 22.3 Å². The first kappa shape index (κ1) is 27.4. The van der Waals surface area contributed by atoms with E-state index in [2.05, 4.69) is 15.5 Å². The Bertz CT molecular complexity index is 1530. The lowest BCUT2D eigenvalue weighted by Crippen LogP contribution is -2.73. The average molecular weight is 593 g/mol. The number of anilines is 2. The number of rotatable bonds is 8. The lowest BCUT2D eigenvalue weighted by Gasteiger charge is -2.49. The molecule has 2 aromatic rings. The van der Waals surface area contributed by atoms with Gasteiger partial charge in [-0.25, -0.2) is 9.78 Å². The Kier molecular flexibility index (Phi) is 7.37. The van der Waals surface area contributed by atoms with Gasteiger partial charge in [0, 0.05) is 23.2 Å². The van der Waals surface area contributed by atoms with E-state index in [0.717, 1.165) is 47.6 Å². The minimum atomic E-state index is -1.39. The van der Waals surface area contributed by atoms with Crippen molar-refractivity contribution in [2.45, 2.75) is 50.3 Å². The largest absolute Gasteiger partial charge is 0.489 e. The molecule has 13 nitrogen and oxygen atoms in total. The number of carbonyl (C=O) groups is 4. The first-order valence-corrected chi connectivity index (χ1v) is 14.5. The maximum absolute atomic E-state index is 13.3. The molecule has 1 aliphatic carbocycles. The number of nitrogens with one attached hydrogen (secondary N) is 1. The molecule has 14 heteroatoms. The Morgan fingerprint density at radius 2 is 1.98 bits per heavy atom. The molecule has 4 N–H and O–H groups in total. The molecule has 0 radical (unpaired) electrons. The summed E-state index contributed by atoms with van der Waals surface area (Å²) in [6.07, 6.45) is 5.34. The number of hydrogen-bond donors (Lipinski definition) is 3. The number of benzene rings is 1. The van der Waals surface area contributed by atoms with Crippen LogP contribution in [-0.4, -0.2) is 75.7 Å². The highest BCUT2D eigenvalue weighted by atomic mass is 32.1. The second-order valence-corrected chi connectivity index (χ2v) is 11.2. The van der Waals surface area contributed by atoms with Gasteiger partial charge in [-0.3, -0.25) is 19.3 Å². The molecule has 42 heavy (non-hydrogen) atoms. The standard InChI is InChI=1S/C28H28N6O7S/c29-28-30-18(14-42-28)21(32-41-17-8-4-5-9-17)24(35)31-22-19-13-40-20(23(27(38)39)34(19)26(22)37)12-15-10-11-33(25(15)36)16-6-2-1-3-7-16/h1-3,6-7,12,14,17,19,22H,4-5,8-11,13H2,(H2,29,30)(H,31,35)(H,38,39)/b15-12+,32-21-/t19-,22+/m1/s1. The van der Waals surface area contributed by atoms with Gasteiger partial charge in [-0.2, -0.15) is 0 Å². The molecule has 1 aromatic carbocycles. The number of carboxylic acid groups (broad SMARTS) is 1. The van der Waals surface area contributed by atoms with Gasteiger partial charge < -0.3 is 30.6 Å². The fourth-order valence-corrected chi connectivity index (χ4v) is 6.07. The van der Waals surface area contributed by atoms with Crippen LogP contribution in [0.25, 0.3) is 0 Å². The van der Waals surface area contributed by atoms with Gasteiger partial charge in [-0.1, -0.05) is 23.4 Å². The predicted molar refractivity (Wildman–Crippen MR) is 151 cm³/mol. The van der Waals surface area contributed by atoms with Crippen molar-refractivity contribution >= 4 is 51.6 Å². The number of hydrogen-bond acceptors (Lipinski definition) is 10. The fourth-order valence-electron chi connectivity index (χ4n) is 5.52. The highest BCUT2D eigenvalue weighted by Gasteiger charge is 2.55. The number of carbonyl (C=O) groups excluding carboxylic acids is 3. The second kappa shape index (κ2) is 11.3. The predicted octanol–water partition coefficient (Wildman–Crippen LogP) is 1.77. The van der Waals surface area contributed by atoms with Gasteiger partial charge in [0.25, 0.3) is 17.7 Å². The zero-order valence-electron chi connectivity index (χ0n) is 22.4. The number of aliphatic carboxylic acids is 1. The van der Waals surface area contributed by atoms with Gasteiger partial charge in [0.1, 0.15) is 30.5 Å². The number of ether oxygens (including phenoxy) is 1. The Balaban J connectivity index is 1.20. The molecule has 218 valence electrons. The van der Waals surface area contributed by atoms with Crippen molar-refractivity contribution in [3.63, 3.8) is 0 Å². The number of fused-ring (bicyclic) bond motifs is 1. The Hall–Kier alpha value is -4.72. The number of para-hydroxylation sites is 1. The van der Waals surface area contributed by atoms with Crippen LogP contribution in [0.1, 0.15) is 37.8 Å². The number of oxime groups is 1. The third kappa shape index (κ3) is 5.09. The van der Waals surface area contributed by atoms with Gasteiger partial charge in [0.2, 0.25) is 0 Å². The van der Waals surface area contributed by atoms with E-state index in [1.807, 2.05) is 30.3 Å². The topological polar surface area (TPSA) is 177 Å². The van der Waals surface area contributed by atoms with Crippen molar-refractivity contribution in [2.75, 3.05) is 23.8 Å². The summed E-state index contributed by atoms with van der Waals surface area (Å²) in [6.45, 7) is 0.348. The van der Waals surface area contributed by atoms with Gasteiger partial charge in [0.05, 0.1) is 0 Å². The maximum Gasteiger partial charge on any atom is 0.356 e. The molecule has 1 saturated carbocycles. The summed E-state index contributed by atoms with van der Waals surface area (Å²) >= 11 is 1.13. The van der Waals surface area contributed by atoms with Crippen molar-refractivity contribution in [3.05, 3.63) is 64.5 Å². The lowest BCUT2D eigenvalue weighted by atomic mass is 9.92. The average Bonchev–Trinajstić information content (AvgIpc) is 3.74. The molecule has 0 bridgehead atoms. The smallest absolute Gasteiger partial charge is 0.356 e. The second-order valence-electron chi connectivity index (χ2n) is 10.3. The van der Waals surface area contributed by atoms with E-state index in [1.54, 1.807) is 10.3 Å². The van der Waals surface area contributed by atoms with Crippen LogP contribution in [0, 0.1) is 0 Å². The van der Waals surface area contributed by atoms with E-state index in [4.69, 9.17) is 15.3 Å². The van der Waals surface area contributed by atoms with Gasteiger partial charge in [-0.05, 0) is 50.3 Å². The summed E-state index contributed by atoms with van der Waals surface area (Å²) in [4.78, 5) is 64.2. The van der Waals surface area contributed by atoms with E-state index >= 15 is 0 Å². The molecule has 0 unspecified atom stereocenters. The summed E-state index contributed by atoms with van der Waals surface area (Å²) < 4.78 is 5.78. The summed E-state index contributed by atoms with van der Waals surface area (Å²) in [5, 5.41) is 18.5. The molecule has 4 aliphatic rings. The van der Waals surface area contributed by atoms with E-state index in [9.17, 15) is 24.3 Å². The van der Waals surface area contributed by atoms with Crippen LogP contribution in [0.2, 0.25) is 0 Å². The summed E-state index contributed by atoms with van der Waals surface area (Å²) in [5.41, 5.74) is 6.56. The van der Waals surface area contributed by atoms with Crippen molar-refractivity contribution < 1.29 is 33.9 Å². The zero-order chi connectivity index (χ0) is 29.4. The van der Waals surface area contributed by atoms with Crippen LogP contribution >= 0.6 is 11.3 Å². The van der Waals surface area contributed by atoms with E-state index in [0.29, 0.717) is 18.5 Å². The molecular weight excluding hydrogens is 564 g/mol. The number of nitrogens with zero attached hydrogens (tertiary/aromatic N) is 4. The van der Waals surface area contributed by atoms with Crippen molar-refractivity contribution in [1.29, 1.82) is 0 Å². The van der Waals surface area contributed by atoms with E-state index in [-0.39, 0.29) is 46.6 Å². The first-order valence-electron chi connectivity index (χ1n) is 13.6. The van der Waals surface area contributed by atoms with Crippen LogP contribution in [0.3, 0.4) is 0 Å². The van der Waals surface area contributed by atoms with Crippen LogP contribution in [0.4, 0.5) is 10.8 Å². The van der Waals surface area contributed by atoms with Crippen LogP contribution in [-0.2, 0) is 28.8 Å². The van der Waals surface area contributed by atoms with Gasteiger partial charge >= 0.3 is 5.97 Å². The fraction of sp³-hybridized carbons (Fsp3) is 0.357. The third-order valence-corrected chi connectivity index (χ3v) is 8.34. The summed E-state index contributed by atoms with van der Waals surface area (Å²) in [7, 11) is 0. The zero-order valence-corrected chi connectivity index (χ0v) is 23.2. The molecule has 3 aliphatic heterocycles. The molecule has 2 saturated heterocycles. The Labute approximate surface area is 244 Å². The normalized spacial score (nSPS) is 23.6. The maximum atomic E-state index is 13.3. The van der Waals surface area contributed by atoms with E-state index < -0.39 is 29.9 Å². The molecule has 6 rings (SSSR count). The number of allylic oxidation sites excluding steroid dienone is 1. The first-order chi connectivity index (χ1) is 20.3. The minimum absolute atomic E-state index is 0.0831. The van der Waals surface area contributed by atoms with E-state index in [1.165, 1.54) is 6.08 Å². The Morgan fingerprint density at radius 3 is 2.67 bits per heavy atom. The highest BCUT2D eigenvalue weighted by Crippen LogP contribution is 2.35.